The van der Waals surface area contributed by atoms with Crippen LogP contribution >= 0.6 is 0 Å². The van der Waals surface area contributed by atoms with Crippen LogP contribution in [0.4, 0.5) is 0 Å². The Kier molecular flexibility index (Phi) is 6.22. The lowest BCUT2D eigenvalue weighted by molar-refractivity contribution is -0.173. The van der Waals surface area contributed by atoms with Crippen LogP contribution in [0.2, 0.25) is 0 Å². The summed E-state index contributed by atoms with van der Waals surface area (Å²) >= 11 is 0. The van der Waals surface area contributed by atoms with E-state index < -0.39 is 41.3 Å². The minimum absolute atomic E-state index is 0.0187. The Morgan fingerprint density at radius 2 is 1.89 bits per heavy atom. The zero-order valence-electron chi connectivity index (χ0n) is 15.5. The SMILES string of the molecule is CCCN(C)C(CC)C1(N=C=NC2CC(=O)N(O)C2=O)CC(=O)N(O)C1=O. The molecule has 11 nitrogen and oxygen atoms in total. The standard InChI is InChI=1S/C16H23N5O6/c1-4-6-19(3)11(5-2)16(8-13(23)21(27)15(16)25)18-9-17-10-7-12(22)20(26)14(10)24/h10-11,26-27H,4-8H2,1-3H3. The molecule has 0 aromatic rings. The summed E-state index contributed by atoms with van der Waals surface area (Å²) in [7, 11) is 1.78. The summed E-state index contributed by atoms with van der Waals surface area (Å²) in [5.41, 5.74) is -1.63. The first-order valence-electron chi connectivity index (χ1n) is 8.68. The number of imide groups is 2. The normalized spacial score (nSPS) is 26.8. The summed E-state index contributed by atoms with van der Waals surface area (Å²) < 4.78 is 0. The Labute approximate surface area is 155 Å². The number of hydrogen-bond acceptors (Lipinski definition) is 9. The number of carbonyl (C=O) groups excluding carboxylic acids is 4. The molecule has 3 atom stereocenters. The molecule has 2 aliphatic rings. The monoisotopic (exact) mass is 381 g/mol. The molecule has 2 fully saturated rings. The first-order chi connectivity index (χ1) is 12.7. The second-order valence-corrected chi connectivity index (χ2v) is 6.62. The van der Waals surface area contributed by atoms with Gasteiger partial charge in [-0.25, -0.2) is 9.98 Å². The first kappa shape index (κ1) is 20.8. The molecule has 0 radical (unpaired) electrons. The smallest absolute Gasteiger partial charge is 0.284 e. The average molecular weight is 381 g/mol. The van der Waals surface area contributed by atoms with Gasteiger partial charge in [-0.3, -0.25) is 29.6 Å². The lowest BCUT2D eigenvalue weighted by Crippen LogP contribution is -2.54. The molecule has 2 saturated heterocycles. The Bertz CT molecular complexity index is 718. The van der Waals surface area contributed by atoms with Crippen molar-refractivity contribution in [1.29, 1.82) is 0 Å². The van der Waals surface area contributed by atoms with E-state index in [2.05, 4.69) is 16.0 Å². The van der Waals surface area contributed by atoms with Crippen LogP contribution in [0.3, 0.4) is 0 Å². The molecule has 0 aromatic carbocycles. The highest BCUT2D eigenvalue weighted by Crippen LogP contribution is 2.34. The summed E-state index contributed by atoms with van der Waals surface area (Å²) in [4.78, 5) is 57.2. The molecular formula is C16H23N5O6. The van der Waals surface area contributed by atoms with Gasteiger partial charge in [-0.2, -0.15) is 10.1 Å². The molecule has 2 rings (SSSR count). The molecule has 2 heterocycles. The third kappa shape index (κ3) is 3.67. The van der Waals surface area contributed by atoms with Crippen molar-refractivity contribution in [3.05, 3.63) is 0 Å². The fourth-order valence-electron chi connectivity index (χ4n) is 3.51. The number of hydrogen-bond donors (Lipinski definition) is 2. The van der Waals surface area contributed by atoms with Crippen LogP contribution in [0.15, 0.2) is 9.98 Å². The second-order valence-electron chi connectivity index (χ2n) is 6.62. The van der Waals surface area contributed by atoms with Gasteiger partial charge in [0.05, 0.1) is 18.9 Å². The number of rotatable bonds is 7. The molecule has 0 aliphatic carbocycles. The van der Waals surface area contributed by atoms with Crippen LogP contribution in [-0.2, 0) is 19.2 Å². The number of likely N-dealkylation sites (N-methyl/N-ethyl adjacent to an activating group) is 1. The van der Waals surface area contributed by atoms with E-state index in [1.165, 1.54) is 0 Å². The van der Waals surface area contributed by atoms with Gasteiger partial charge in [0, 0.05) is 6.04 Å². The van der Waals surface area contributed by atoms with Gasteiger partial charge < -0.3 is 4.90 Å². The van der Waals surface area contributed by atoms with Crippen LogP contribution in [0.25, 0.3) is 0 Å². The minimum Gasteiger partial charge on any atom is -0.300 e. The molecule has 27 heavy (non-hydrogen) atoms. The van der Waals surface area contributed by atoms with Crippen molar-refractivity contribution < 1.29 is 29.6 Å². The van der Waals surface area contributed by atoms with Gasteiger partial charge in [0.25, 0.3) is 23.6 Å². The van der Waals surface area contributed by atoms with E-state index in [0.717, 1.165) is 6.42 Å². The van der Waals surface area contributed by atoms with E-state index in [-0.39, 0.29) is 23.0 Å². The molecule has 3 unspecified atom stereocenters. The van der Waals surface area contributed by atoms with E-state index in [1.54, 1.807) is 7.05 Å². The molecule has 0 aromatic heterocycles. The minimum atomic E-state index is -1.63. The van der Waals surface area contributed by atoms with Crippen LogP contribution in [0, 0.1) is 0 Å². The molecule has 0 spiro atoms. The highest BCUT2D eigenvalue weighted by atomic mass is 16.5. The molecule has 4 amide bonds. The van der Waals surface area contributed by atoms with E-state index >= 15 is 0 Å². The highest BCUT2D eigenvalue weighted by molar-refractivity contribution is 6.08. The van der Waals surface area contributed by atoms with Crippen molar-refractivity contribution in [2.45, 2.75) is 57.2 Å². The number of aliphatic imine (C=N–C) groups is 2. The van der Waals surface area contributed by atoms with Gasteiger partial charge in [0.15, 0.2) is 11.6 Å². The Morgan fingerprint density at radius 1 is 1.22 bits per heavy atom. The van der Waals surface area contributed by atoms with Crippen LogP contribution in [-0.4, -0.2) is 86.3 Å². The zero-order chi connectivity index (χ0) is 20.4. The maximum Gasteiger partial charge on any atom is 0.284 e. The third-order valence-electron chi connectivity index (χ3n) is 4.83. The van der Waals surface area contributed by atoms with Gasteiger partial charge >= 0.3 is 0 Å². The molecule has 2 aliphatic heterocycles. The topological polar surface area (TPSA) is 143 Å². The molecule has 0 saturated carbocycles. The van der Waals surface area contributed by atoms with Crippen LogP contribution in [0.1, 0.15) is 39.5 Å². The summed E-state index contributed by atoms with van der Waals surface area (Å²) in [6, 6.07) is 0.570. The Hall–Kier alpha value is -2.46. The van der Waals surface area contributed by atoms with Crippen LogP contribution in [0.5, 0.6) is 0 Å². The number of amides is 4. The summed E-state index contributed by atoms with van der Waals surface area (Å²) in [6.07, 6.45) is 0.564. The van der Waals surface area contributed by atoms with Crippen LogP contribution < -0.4 is 0 Å². The van der Waals surface area contributed by atoms with Crippen molar-refractivity contribution in [1.82, 2.24) is 15.0 Å². The van der Waals surface area contributed by atoms with Crippen molar-refractivity contribution in [3.63, 3.8) is 0 Å². The Balaban J connectivity index is 2.41. The van der Waals surface area contributed by atoms with E-state index in [1.807, 2.05) is 18.7 Å². The van der Waals surface area contributed by atoms with Gasteiger partial charge in [-0.1, -0.05) is 13.8 Å². The molecule has 0 bridgehead atoms. The maximum absolute atomic E-state index is 12.6. The molecular weight excluding hydrogens is 358 g/mol. The number of nitrogens with zero attached hydrogens (tertiary/aromatic N) is 5. The van der Waals surface area contributed by atoms with Crippen molar-refractivity contribution in [2.24, 2.45) is 9.98 Å². The Morgan fingerprint density at radius 3 is 2.33 bits per heavy atom. The van der Waals surface area contributed by atoms with Crippen molar-refractivity contribution in [3.8, 4) is 0 Å². The first-order valence-corrected chi connectivity index (χ1v) is 8.68. The molecule has 148 valence electrons. The molecule has 2 N–H and O–H groups in total. The largest absolute Gasteiger partial charge is 0.300 e. The molecule has 11 heteroatoms. The zero-order valence-corrected chi connectivity index (χ0v) is 15.5. The summed E-state index contributed by atoms with van der Waals surface area (Å²) in [5, 5.41) is 19.0. The lowest BCUT2D eigenvalue weighted by Gasteiger charge is -2.36. The van der Waals surface area contributed by atoms with Gasteiger partial charge in [-0.05, 0) is 26.4 Å². The summed E-state index contributed by atoms with van der Waals surface area (Å²) in [5.74, 6) is -3.39. The van der Waals surface area contributed by atoms with E-state index in [0.29, 0.717) is 13.0 Å². The summed E-state index contributed by atoms with van der Waals surface area (Å²) in [6.45, 7) is 4.42. The average Bonchev–Trinajstić information content (AvgIpc) is 2.99. The van der Waals surface area contributed by atoms with Gasteiger partial charge in [-0.15, -0.1) is 0 Å². The quantitative estimate of drug-likeness (QED) is 0.349. The van der Waals surface area contributed by atoms with Crippen molar-refractivity contribution >= 4 is 29.6 Å². The number of carbonyl (C=O) groups is 4. The third-order valence-corrected chi connectivity index (χ3v) is 4.83. The second kappa shape index (κ2) is 8.05. The maximum atomic E-state index is 12.6. The van der Waals surface area contributed by atoms with Crippen molar-refractivity contribution in [2.75, 3.05) is 13.6 Å². The predicted molar refractivity (Wildman–Crippen MR) is 89.9 cm³/mol. The highest BCUT2D eigenvalue weighted by Gasteiger charge is 2.57. The lowest BCUT2D eigenvalue weighted by atomic mass is 9.86. The van der Waals surface area contributed by atoms with Gasteiger partial charge in [0.2, 0.25) is 0 Å². The number of hydroxylamine groups is 4. The van der Waals surface area contributed by atoms with E-state index in [4.69, 9.17) is 0 Å². The van der Waals surface area contributed by atoms with Gasteiger partial charge in [0.1, 0.15) is 0 Å². The van der Waals surface area contributed by atoms with E-state index in [9.17, 15) is 29.6 Å². The predicted octanol–water partition coefficient (Wildman–Crippen LogP) is -0.316. The fourth-order valence-corrected chi connectivity index (χ4v) is 3.51. The fraction of sp³-hybridized carbons (Fsp3) is 0.688.